The van der Waals surface area contributed by atoms with Crippen LogP contribution in [0.4, 0.5) is 0 Å². The van der Waals surface area contributed by atoms with Crippen molar-refractivity contribution in [1.29, 1.82) is 0 Å². The largest absolute Gasteiger partial charge is 0.369 e. The summed E-state index contributed by atoms with van der Waals surface area (Å²) in [5.74, 6) is -0.0783. The number of carbonyl (C=O) groups excluding carboxylic acids is 1. The Morgan fingerprint density at radius 1 is 1.48 bits per heavy atom. The lowest BCUT2D eigenvalue weighted by molar-refractivity contribution is -0.125. The van der Waals surface area contributed by atoms with E-state index in [2.05, 4.69) is 22.7 Å². The third-order valence-electron chi connectivity index (χ3n) is 3.98. The van der Waals surface area contributed by atoms with Crippen LogP contribution in [0.1, 0.15) is 17.2 Å². The molecular weight excluding hydrogens is 292 g/mol. The molecule has 1 aliphatic rings. The average molecular weight is 312 g/mol. The van der Waals surface area contributed by atoms with E-state index >= 15 is 0 Å². The first-order valence-corrected chi connectivity index (χ1v) is 7.60. The van der Waals surface area contributed by atoms with Gasteiger partial charge in [-0.1, -0.05) is 12.6 Å². The standard InChI is InChI=1S/C17H20N4O2/c1-3-17(22)20-10-15(21-6-4-5-19-21)16(11-20)23-12-14-7-13(2)8-18-9-14/h3-9,15-16H,1,10-12H2,2H3/t15-,16-/m1/s1. The van der Waals surface area contributed by atoms with Crippen LogP contribution in [-0.2, 0) is 16.1 Å². The average Bonchev–Trinajstić information content (AvgIpc) is 3.21. The number of aromatic nitrogens is 3. The smallest absolute Gasteiger partial charge is 0.246 e. The molecular formula is C17H20N4O2. The van der Waals surface area contributed by atoms with Crippen molar-refractivity contribution in [3.63, 3.8) is 0 Å². The van der Waals surface area contributed by atoms with Crippen LogP contribution in [0.5, 0.6) is 0 Å². The molecule has 1 saturated heterocycles. The van der Waals surface area contributed by atoms with Gasteiger partial charge >= 0.3 is 0 Å². The Bertz CT molecular complexity index is 684. The van der Waals surface area contributed by atoms with E-state index in [9.17, 15) is 4.79 Å². The number of hydrogen-bond acceptors (Lipinski definition) is 4. The predicted molar refractivity (Wildman–Crippen MR) is 85.6 cm³/mol. The van der Waals surface area contributed by atoms with Crippen LogP contribution in [0.25, 0.3) is 0 Å². The molecule has 1 fully saturated rings. The maximum atomic E-state index is 11.9. The SMILES string of the molecule is C=CC(=O)N1C[C@@H](n2cccn2)[C@H](OCc2cncc(C)c2)C1. The summed E-state index contributed by atoms with van der Waals surface area (Å²) in [5, 5.41) is 4.30. The Hall–Kier alpha value is -2.47. The van der Waals surface area contributed by atoms with E-state index in [1.54, 1.807) is 17.3 Å². The van der Waals surface area contributed by atoms with Gasteiger partial charge in [-0.2, -0.15) is 5.10 Å². The molecule has 3 heterocycles. The van der Waals surface area contributed by atoms with Crippen molar-refractivity contribution in [1.82, 2.24) is 19.7 Å². The van der Waals surface area contributed by atoms with E-state index in [4.69, 9.17) is 4.74 Å². The van der Waals surface area contributed by atoms with Gasteiger partial charge in [0.05, 0.1) is 18.8 Å². The number of amides is 1. The number of pyridine rings is 1. The number of hydrogen-bond donors (Lipinski definition) is 0. The molecule has 0 spiro atoms. The third kappa shape index (κ3) is 3.48. The highest BCUT2D eigenvalue weighted by Gasteiger charge is 2.36. The van der Waals surface area contributed by atoms with E-state index < -0.39 is 0 Å². The van der Waals surface area contributed by atoms with Gasteiger partial charge in [0.2, 0.25) is 5.91 Å². The van der Waals surface area contributed by atoms with Gasteiger partial charge in [-0.3, -0.25) is 14.5 Å². The molecule has 120 valence electrons. The van der Waals surface area contributed by atoms with Gasteiger partial charge in [-0.05, 0) is 30.2 Å². The van der Waals surface area contributed by atoms with Gasteiger partial charge in [-0.15, -0.1) is 0 Å². The second-order valence-corrected chi connectivity index (χ2v) is 5.72. The molecule has 0 radical (unpaired) electrons. The van der Waals surface area contributed by atoms with Gasteiger partial charge in [0.15, 0.2) is 0 Å². The van der Waals surface area contributed by atoms with Crippen LogP contribution in [0.3, 0.4) is 0 Å². The van der Waals surface area contributed by atoms with Gasteiger partial charge in [0, 0.05) is 37.9 Å². The maximum absolute atomic E-state index is 11.9. The van der Waals surface area contributed by atoms with Crippen LogP contribution in [0.2, 0.25) is 0 Å². The molecule has 3 rings (SSSR count). The van der Waals surface area contributed by atoms with Crippen molar-refractivity contribution in [3.05, 3.63) is 60.7 Å². The van der Waals surface area contributed by atoms with Gasteiger partial charge in [-0.25, -0.2) is 0 Å². The normalized spacial score (nSPS) is 20.7. The van der Waals surface area contributed by atoms with Gasteiger partial charge in [0.1, 0.15) is 0 Å². The Morgan fingerprint density at radius 2 is 2.35 bits per heavy atom. The molecule has 6 nitrogen and oxygen atoms in total. The highest BCUT2D eigenvalue weighted by molar-refractivity contribution is 5.87. The zero-order valence-electron chi connectivity index (χ0n) is 13.1. The Morgan fingerprint density at radius 3 is 3.04 bits per heavy atom. The van der Waals surface area contributed by atoms with E-state index in [1.165, 1.54) is 6.08 Å². The highest BCUT2D eigenvalue weighted by atomic mass is 16.5. The van der Waals surface area contributed by atoms with Gasteiger partial charge < -0.3 is 9.64 Å². The number of rotatable bonds is 5. The summed E-state index contributed by atoms with van der Waals surface area (Å²) in [6.45, 7) is 7.14. The molecule has 2 atom stereocenters. The number of aryl methyl sites for hydroxylation is 1. The van der Waals surface area contributed by atoms with Crippen molar-refractivity contribution in [3.8, 4) is 0 Å². The fourth-order valence-corrected chi connectivity index (χ4v) is 2.86. The van der Waals surface area contributed by atoms with Crippen molar-refractivity contribution in [2.45, 2.75) is 25.7 Å². The van der Waals surface area contributed by atoms with Crippen LogP contribution < -0.4 is 0 Å². The minimum Gasteiger partial charge on any atom is -0.369 e. The fourth-order valence-electron chi connectivity index (χ4n) is 2.86. The fraction of sp³-hybridized carbons (Fsp3) is 0.353. The van der Waals surface area contributed by atoms with E-state index in [-0.39, 0.29) is 18.1 Å². The zero-order valence-corrected chi connectivity index (χ0v) is 13.1. The van der Waals surface area contributed by atoms with E-state index in [1.807, 2.05) is 30.1 Å². The number of carbonyl (C=O) groups is 1. The highest BCUT2D eigenvalue weighted by Crippen LogP contribution is 2.25. The number of likely N-dealkylation sites (tertiary alicyclic amines) is 1. The predicted octanol–water partition coefficient (Wildman–Crippen LogP) is 1.74. The summed E-state index contributed by atoms with van der Waals surface area (Å²) in [6.07, 6.45) is 8.48. The molecule has 0 saturated carbocycles. The van der Waals surface area contributed by atoms with Crippen LogP contribution >= 0.6 is 0 Å². The Balaban J connectivity index is 1.72. The summed E-state index contributed by atoms with van der Waals surface area (Å²) in [6, 6.07) is 3.93. The molecule has 1 amide bonds. The first kappa shape index (κ1) is 15.4. The minimum atomic E-state index is -0.112. The molecule has 0 N–H and O–H groups in total. The summed E-state index contributed by atoms with van der Waals surface area (Å²) < 4.78 is 7.93. The lowest BCUT2D eigenvalue weighted by atomic mass is 10.2. The minimum absolute atomic E-state index is 0.00617. The zero-order chi connectivity index (χ0) is 16.2. The monoisotopic (exact) mass is 312 g/mol. The molecule has 6 heteroatoms. The number of ether oxygens (including phenoxy) is 1. The first-order valence-electron chi connectivity index (χ1n) is 7.60. The third-order valence-corrected chi connectivity index (χ3v) is 3.98. The van der Waals surface area contributed by atoms with E-state index in [0.717, 1.165) is 11.1 Å². The van der Waals surface area contributed by atoms with Crippen molar-refractivity contribution >= 4 is 5.91 Å². The summed E-state index contributed by atoms with van der Waals surface area (Å²) in [4.78, 5) is 17.8. The molecule has 1 aliphatic heterocycles. The van der Waals surface area contributed by atoms with Crippen molar-refractivity contribution in [2.24, 2.45) is 0 Å². The molecule has 0 bridgehead atoms. The molecule has 0 aromatic carbocycles. The molecule has 2 aromatic rings. The van der Waals surface area contributed by atoms with E-state index in [0.29, 0.717) is 19.7 Å². The Kier molecular flexibility index (Phi) is 4.52. The summed E-state index contributed by atoms with van der Waals surface area (Å²) in [5.41, 5.74) is 2.13. The first-order chi connectivity index (χ1) is 11.2. The number of nitrogens with zero attached hydrogens (tertiary/aromatic N) is 4. The topological polar surface area (TPSA) is 60.2 Å². The molecule has 0 aliphatic carbocycles. The molecule has 0 unspecified atom stereocenters. The lowest BCUT2D eigenvalue weighted by Crippen LogP contribution is -2.28. The van der Waals surface area contributed by atoms with Crippen LogP contribution in [-0.4, -0.2) is 44.8 Å². The quantitative estimate of drug-likeness (QED) is 0.789. The summed E-state index contributed by atoms with van der Waals surface area (Å²) >= 11 is 0. The lowest BCUT2D eigenvalue weighted by Gasteiger charge is -2.19. The van der Waals surface area contributed by atoms with Gasteiger partial charge in [0.25, 0.3) is 0 Å². The van der Waals surface area contributed by atoms with Crippen LogP contribution in [0, 0.1) is 6.92 Å². The Labute approximate surface area is 135 Å². The maximum Gasteiger partial charge on any atom is 0.246 e. The molecule has 2 aromatic heterocycles. The van der Waals surface area contributed by atoms with Crippen molar-refractivity contribution in [2.75, 3.05) is 13.1 Å². The second-order valence-electron chi connectivity index (χ2n) is 5.72. The van der Waals surface area contributed by atoms with Crippen molar-refractivity contribution < 1.29 is 9.53 Å². The second kappa shape index (κ2) is 6.75. The van der Waals surface area contributed by atoms with Crippen LogP contribution in [0.15, 0.2) is 49.6 Å². The molecule has 23 heavy (non-hydrogen) atoms. The summed E-state index contributed by atoms with van der Waals surface area (Å²) in [7, 11) is 0.